The summed E-state index contributed by atoms with van der Waals surface area (Å²) in [4.78, 5) is 25.4. The minimum absolute atomic E-state index is 0.0127. The number of rotatable bonds is 5. The number of fused-ring (bicyclic) bond motifs is 2. The number of para-hydroxylation sites is 2. The van der Waals surface area contributed by atoms with Gasteiger partial charge in [-0.3, -0.25) is 4.79 Å². The lowest BCUT2D eigenvalue weighted by Gasteiger charge is -2.09. The van der Waals surface area contributed by atoms with Gasteiger partial charge in [0.15, 0.2) is 12.2 Å². The highest BCUT2D eigenvalue weighted by Crippen LogP contribution is 2.18. The fourth-order valence-electron chi connectivity index (χ4n) is 2.85. The zero-order valence-corrected chi connectivity index (χ0v) is 15.9. The van der Waals surface area contributed by atoms with Crippen LogP contribution in [0.15, 0.2) is 33.8 Å². The van der Waals surface area contributed by atoms with E-state index in [1.165, 1.54) is 11.8 Å². The van der Waals surface area contributed by atoms with E-state index in [0.29, 0.717) is 22.4 Å². The van der Waals surface area contributed by atoms with E-state index in [1.54, 1.807) is 4.52 Å². The molecule has 9 heteroatoms. The second kappa shape index (κ2) is 6.99. The highest BCUT2D eigenvalue weighted by molar-refractivity contribution is 7.98. The number of carbonyl (C=O) groups excluding carboxylic acids is 1. The predicted molar refractivity (Wildman–Crippen MR) is 99.5 cm³/mol. The van der Waals surface area contributed by atoms with Crippen LogP contribution in [0.1, 0.15) is 22.8 Å². The SMILES string of the molecule is CSc1nc2nc(C)c(CC(=O)OCc3nc4ccccc4o3)c(C)n2n1. The molecule has 138 valence electrons. The van der Waals surface area contributed by atoms with Gasteiger partial charge in [0.1, 0.15) is 5.52 Å². The summed E-state index contributed by atoms with van der Waals surface area (Å²) >= 11 is 1.44. The molecule has 0 unspecified atom stereocenters. The van der Waals surface area contributed by atoms with Crippen molar-refractivity contribution in [1.82, 2.24) is 24.6 Å². The topological polar surface area (TPSA) is 95.4 Å². The number of aromatic nitrogens is 5. The van der Waals surface area contributed by atoms with Crippen molar-refractivity contribution >= 4 is 34.6 Å². The van der Waals surface area contributed by atoms with Crippen LogP contribution >= 0.6 is 11.8 Å². The Morgan fingerprint density at radius 2 is 2.04 bits per heavy atom. The van der Waals surface area contributed by atoms with Crippen molar-refractivity contribution in [2.75, 3.05) is 6.26 Å². The molecule has 3 heterocycles. The van der Waals surface area contributed by atoms with Crippen LogP contribution in [0.2, 0.25) is 0 Å². The highest BCUT2D eigenvalue weighted by Gasteiger charge is 2.17. The van der Waals surface area contributed by atoms with Gasteiger partial charge in [-0.05, 0) is 32.2 Å². The second-order valence-corrected chi connectivity index (χ2v) is 6.76. The molecule has 0 atom stereocenters. The molecule has 8 nitrogen and oxygen atoms in total. The van der Waals surface area contributed by atoms with Crippen molar-refractivity contribution in [1.29, 1.82) is 0 Å². The van der Waals surface area contributed by atoms with Crippen molar-refractivity contribution in [3.63, 3.8) is 0 Å². The fraction of sp³-hybridized carbons (Fsp3) is 0.278. The Morgan fingerprint density at radius 3 is 2.81 bits per heavy atom. The highest BCUT2D eigenvalue weighted by atomic mass is 32.2. The number of oxazole rings is 1. The van der Waals surface area contributed by atoms with Crippen LogP contribution in [-0.4, -0.2) is 36.8 Å². The third-order valence-corrected chi connectivity index (χ3v) is 4.77. The van der Waals surface area contributed by atoms with Crippen LogP contribution in [0.3, 0.4) is 0 Å². The van der Waals surface area contributed by atoms with Gasteiger partial charge in [-0.1, -0.05) is 23.9 Å². The van der Waals surface area contributed by atoms with Crippen molar-refractivity contribution < 1.29 is 13.9 Å². The van der Waals surface area contributed by atoms with E-state index in [0.717, 1.165) is 22.5 Å². The molecule has 4 rings (SSSR count). The van der Waals surface area contributed by atoms with Crippen LogP contribution < -0.4 is 0 Å². The van der Waals surface area contributed by atoms with Crippen LogP contribution in [0, 0.1) is 13.8 Å². The average Bonchev–Trinajstić information content (AvgIpc) is 3.26. The summed E-state index contributed by atoms with van der Waals surface area (Å²) in [5.74, 6) is 0.514. The summed E-state index contributed by atoms with van der Waals surface area (Å²) in [6.45, 7) is 3.73. The van der Waals surface area contributed by atoms with Gasteiger partial charge in [0.05, 0.1) is 6.42 Å². The first-order chi connectivity index (χ1) is 13.0. The van der Waals surface area contributed by atoms with Gasteiger partial charge in [0.2, 0.25) is 11.0 Å². The first-order valence-electron chi connectivity index (χ1n) is 8.32. The van der Waals surface area contributed by atoms with E-state index in [1.807, 2.05) is 44.4 Å². The Balaban J connectivity index is 1.50. The lowest BCUT2D eigenvalue weighted by molar-refractivity contribution is -0.144. The Hall–Kier alpha value is -2.94. The Labute approximate surface area is 159 Å². The van der Waals surface area contributed by atoms with Crippen molar-refractivity contribution in [3.8, 4) is 0 Å². The molecule has 27 heavy (non-hydrogen) atoms. The minimum atomic E-state index is -0.380. The maximum Gasteiger partial charge on any atom is 0.310 e. The van der Waals surface area contributed by atoms with E-state index < -0.39 is 0 Å². The smallest absolute Gasteiger partial charge is 0.310 e. The number of aryl methyl sites for hydroxylation is 2. The van der Waals surface area contributed by atoms with Gasteiger partial charge >= 0.3 is 5.97 Å². The molecule has 4 aromatic rings. The summed E-state index contributed by atoms with van der Waals surface area (Å²) in [6, 6.07) is 7.41. The summed E-state index contributed by atoms with van der Waals surface area (Å²) < 4.78 is 12.6. The monoisotopic (exact) mass is 383 g/mol. The summed E-state index contributed by atoms with van der Waals surface area (Å²) in [5.41, 5.74) is 3.74. The predicted octanol–water partition coefficient (Wildman–Crippen LogP) is 2.89. The zero-order valence-electron chi connectivity index (χ0n) is 15.1. The van der Waals surface area contributed by atoms with E-state index in [9.17, 15) is 4.79 Å². The molecule has 0 saturated heterocycles. The summed E-state index contributed by atoms with van der Waals surface area (Å²) in [5, 5.41) is 5.03. The number of hydrogen-bond donors (Lipinski definition) is 0. The largest absolute Gasteiger partial charge is 0.455 e. The second-order valence-electron chi connectivity index (χ2n) is 5.98. The van der Waals surface area contributed by atoms with E-state index in [2.05, 4.69) is 20.1 Å². The van der Waals surface area contributed by atoms with Crippen molar-refractivity contribution in [2.45, 2.75) is 32.0 Å². The molecule has 0 fully saturated rings. The van der Waals surface area contributed by atoms with Gasteiger partial charge in [-0.15, -0.1) is 5.10 Å². The molecule has 0 radical (unpaired) electrons. The Bertz CT molecular complexity index is 1120. The molecule has 0 aliphatic heterocycles. The zero-order chi connectivity index (χ0) is 19.0. The Morgan fingerprint density at radius 1 is 1.22 bits per heavy atom. The van der Waals surface area contributed by atoms with Gasteiger partial charge in [0.25, 0.3) is 5.78 Å². The third kappa shape index (κ3) is 3.37. The molecular formula is C18H17N5O3S. The number of carbonyl (C=O) groups is 1. The molecule has 0 spiro atoms. The van der Waals surface area contributed by atoms with E-state index in [-0.39, 0.29) is 19.0 Å². The van der Waals surface area contributed by atoms with Gasteiger partial charge in [0, 0.05) is 17.0 Å². The molecule has 0 bridgehead atoms. The number of esters is 1. The standard InChI is InChI=1S/C18H17N5O3S/c1-10-12(11(2)23-17(19-10)21-18(22-23)27-3)8-16(24)25-9-15-20-13-6-4-5-7-14(13)26-15/h4-7H,8-9H2,1-3H3. The minimum Gasteiger partial charge on any atom is -0.455 e. The molecule has 0 aliphatic carbocycles. The molecule has 3 aromatic heterocycles. The Kier molecular flexibility index (Phi) is 4.53. The maximum atomic E-state index is 12.3. The van der Waals surface area contributed by atoms with Crippen LogP contribution in [0.5, 0.6) is 0 Å². The van der Waals surface area contributed by atoms with Crippen molar-refractivity contribution in [2.24, 2.45) is 0 Å². The van der Waals surface area contributed by atoms with Gasteiger partial charge < -0.3 is 9.15 Å². The first kappa shape index (κ1) is 17.5. The number of thioether (sulfide) groups is 1. The van der Waals surface area contributed by atoms with Gasteiger partial charge in [-0.25, -0.2) is 14.5 Å². The maximum absolute atomic E-state index is 12.3. The van der Waals surface area contributed by atoms with E-state index >= 15 is 0 Å². The molecule has 0 amide bonds. The van der Waals surface area contributed by atoms with Gasteiger partial charge in [-0.2, -0.15) is 4.98 Å². The molecule has 0 aliphatic rings. The molecule has 1 aromatic carbocycles. The van der Waals surface area contributed by atoms with Crippen LogP contribution in [0.25, 0.3) is 16.9 Å². The molecule has 0 N–H and O–H groups in total. The third-order valence-electron chi connectivity index (χ3n) is 4.23. The summed E-state index contributed by atoms with van der Waals surface area (Å²) in [6.07, 6.45) is 2.00. The average molecular weight is 383 g/mol. The number of ether oxygens (including phenoxy) is 1. The van der Waals surface area contributed by atoms with Crippen LogP contribution in [0.4, 0.5) is 0 Å². The van der Waals surface area contributed by atoms with Crippen molar-refractivity contribution in [3.05, 3.63) is 47.1 Å². The van der Waals surface area contributed by atoms with Crippen LogP contribution in [-0.2, 0) is 22.6 Å². The summed E-state index contributed by atoms with van der Waals surface area (Å²) in [7, 11) is 0. The number of nitrogens with zero attached hydrogens (tertiary/aromatic N) is 5. The lowest BCUT2D eigenvalue weighted by atomic mass is 10.1. The number of hydrogen-bond acceptors (Lipinski definition) is 8. The molecule has 0 saturated carbocycles. The fourth-order valence-corrected chi connectivity index (χ4v) is 3.19. The van der Waals surface area contributed by atoms with E-state index in [4.69, 9.17) is 9.15 Å². The quantitative estimate of drug-likeness (QED) is 0.383. The molecular weight excluding hydrogens is 366 g/mol. The first-order valence-corrected chi connectivity index (χ1v) is 9.54. The number of benzene rings is 1. The normalized spacial score (nSPS) is 11.4. The lowest BCUT2D eigenvalue weighted by Crippen LogP contribution is -2.13.